The second-order valence-corrected chi connectivity index (χ2v) is 9.78. The van der Waals surface area contributed by atoms with Crippen molar-refractivity contribution in [2.24, 2.45) is 0 Å². The van der Waals surface area contributed by atoms with Gasteiger partial charge in [-0.3, -0.25) is 4.98 Å². The molecule has 1 amide bonds. The zero-order chi connectivity index (χ0) is 19.7. The Morgan fingerprint density at radius 1 is 1.22 bits per heavy atom. The highest BCUT2D eigenvalue weighted by Gasteiger charge is 2.34. The number of hydrogen-bond acceptors (Lipinski definition) is 6. The predicted molar refractivity (Wildman–Crippen MR) is 102 cm³/mol. The number of benzene rings is 1. The molecule has 1 fully saturated rings. The number of aromatic nitrogens is 2. The van der Waals surface area contributed by atoms with Crippen molar-refractivity contribution in [3.8, 4) is 0 Å². The van der Waals surface area contributed by atoms with Gasteiger partial charge in [0.2, 0.25) is 0 Å². The Labute approximate surface area is 159 Å². The molecule has 0 spiro atoms. The number of fused-ring (bicyclic) bond motifs is 1. The Bertz CT molecular complexity index is 937. The lowest BCUT2D eigenvalue weighted by molar-refractivity contribution is 0.0124. The molecule has 0 radical (unpaired) electrons. The number of carbonyl (C=O) groups excluding carboxylic acids is 1. The first-order valence-corrected chi connectivity index (χ1v) is 10.8. The molecule has 27 heavy (non-hydrogen) atoms. The first kappa shape index (κ1) is 19.5. The fourth-order valence-corrected chi connectivity index (χ4v) is 4.64. The summed E-state index contributed by atoms with van der Waals surface area (Å²) >= 11 is 0. The van der Waals surface area contributed by atoms with Gasteiger partial charge in [-0.2, -0.15) is 0 Å². The molecule has 1 aliphatic rings. The van der Waals surface area contributed by atoms with Crippen molar-refractivity contribution in [1.29, 1.82) is 0 Å². The average Bonchev–Trinajstić information content (AvgIpc) is 2.60. The summed E-state index contributed by atoms with van der Waals surface area (Å²) in [5.41, 5.74) is 0.553. The highest BCUT2D eigenvalue weighted by Crippen LogP contribution is 2.24. The van der Waals surface area contributed by atoms with Crippen LogP contribution in [0.5, 0.6) is 0 Å². The minimum atomic E-state index is -3.68. The lowest BCUT2D eigenvalue weighted by atomic mass is 10.0. The second kappa shape index (κ2) is 7.42. The van der Waals surface area contributed by atoms with Crippen LogP contribution in [-0.2, 0) is 14.6 Å². The Kier molecular flexibility index (Phi) is 5.37. The van der Waals surface area contributed by atoms with Crippen LogP contribution in [0.1, 0.15) is 40.0 Å². The standard InChI is InChI=1S/C19H25N3O4S/c1-19(2,3)26-18(23)22-11-7-6-8-14(22)13-27(24,25)17-12-20-15-9-4-5-10-16(15)21-17/h4-5,9-10,12,14H,6-8,11,13H2,1-3H3/t14-/m0/s1. The molecule has 1 saturated heterocycles. The number of sulfone groups is 1. The first-order valence-electron chi connectivity index (χ1n) is 9.10. The molecule has 0 aliphatic carbocycles. The molecule has 3 rings (SSSR count). The normalized spacial score (nSPS) is 18.5. The molecule has 0 unspecified atom stereocenters. The topological polar surface area (TPSA) is 89.5 Å². The van der Waals surface area contributed by atoms with Crippen LogP contribution in [0.25, 0.3) is 11.0 Å². The maximum atomic E-state index is 12.9. The van der Waals surface area contributed by atoms with Crippen molar-refractivity contribution in [3.63, 3.8) is 0 Å². The van der Waals surface area contributed by atoms with Crippen LogP contribution < -0.4 is 0 Å². The van der Waals surface area contributed by atoms with Gasteiger partial charge in [-0.1, -0.05) is 12.1 Å². The number of rotatable bonds is 3. The number of para-hydroxylation sites is 2. The van der Waals surface area contributed by atoms with Crippen molar-refractivity contribution in [1.82, 2.24) is 14.9 Å². The summed E-state index contributed by atoms with van der Waals surface area (Å²) in [7, 11) is -3.68. The smallest absolute Gasteiger partial charge is 0.410 e. The number of carbonyl (C=O) groups is 1. The number of likely N-dealkylation sites (tertiary alicyclic amines) is 1. The van der Waals surface area contributed by atoms with Crippen LogP contribution in [0.4, 0.5) is 4.79 Å². The molecule has 146 valence electrons. The average molecular weight is 391 g/mol. The van der Waals surface area contributed by atoms with E-state index in [1.807, 2.05) is 6.07 Å². The van der Waals surface area contributed by atoms with Crippen molar-refractivity contribution in [2.45, 2.75) is 56.7 Å². The molecule has 0 saturated carbocycles. The molecule has 0 N–H and O–H groups in total. The predicted octanol–water partition coefficient (Wildman–Crippen LogP) is 3.19. The highest BCUT2D eigenvalue weighted by atomic mass is 32.2. The monoisotopic (exact) mass is 391 g/mol. The number of hydrogen-bond donors (Lipinski definition) is 0. The summed E-state index contributed by atoms with van der Waals surface area (Å²) in [4.78, 5) is 22.5. The summed E-state index contributed by atoms with van der Waals surface area (Å²) in [5, 5.41) is -0.0593. The maximum Gasteiger partial charge on any atom is 0.410 e. The molecule has 2 aromatic rings. The molecule has 8 heteroatoms. The van der Waals surface area contributed by atoms with Gasteiger partial charge in [0.05, 0.1) is 23.0 Å². The number of amides is 1. The fraction of sp³-hybridized carbons (Fsp3) is 0.526. The quantitative estimate of drug-likeness (QED) is 0.798. The van der Waals surface area contributed by atoms with E-state index in [0.29, 0.717) is 24.0 Å². The van der Waals surface area contributed by atoms with Gasteiger partial charge in [0.15, 0.2) is 14.9 Å². The third-order valence-corrected chi connectivity index (χ3v) is 6.07. The van der Waals surface area contributed by atoms with Gasteiger partial charge in [0, 0.05) is 12.6 Å². The molecule has 1 aromatic carbocycles. The Balaban J connectivity index is 1.82. The van der Waals surface area contributed by atoms with Gasteiger partial charge in [-0.15, -0.1) is 0 Å². The SMILES string of the molecule is CC(C)(C)OC(=O)N1CCCC[C@H]1CS(=O)(=O)c1cnc2ccccc2n1. The van der Waals surface area contributed by atoms with E-state index in [1.165, 1.54) is 6.20 Å². The zero-order valence-electron chi connectivity index (χ0n) is 15.9. The molecule has 7 nitrogen and oxygen atoms in total. The van der Waals surface area contributed by atoms with Gasteiger partial charge < -0.3 is 9.64 Å². The minimum Gasteiger partial charge on any atom is -0.444 e. The minimum absolute atomic E-state index is 0.0593. The fourth-order valence-electron chi connectivity index (χ4n) is 3.16. The van der Waals surface area contributed by atoms with Crippen molar-refractivity contribution in [2.75, 3.05) is 12.3 Å². The molecule has 0 bridgehead atoms. The largest absolute Gasteiger partial charge is 0.444 e. The lowest BCUT2D eigenvalue weighted by Crippen LogP contribution is -2.49. The van der Waals surface area contributed by atoms with Crippen LogP contribution in [0, 0.1) is 0 Å². The van der Waals surface area contributed by atoms with E-state index in [4.69, 9.17) is 4.74 Å². The van der Waals surface area contributed by atoms with Gasteiger partial charge >= 0.3 is 6.09 Å². The van der Waals surface area contributed by atoms with Crippen LogP contribution in [-0.4, -0.2) is 53.3 Å². The van der Waals surface area contributed by atoms with Crippen molar-refractivity contribution < 1.29 is 17.9 Å². The summed E-state index contributed by atoms with van der Waals surface area (Å²) in [6.45, 7) is 5.89. The van der Waals surface area contributed by atoms with Crippen LogP contribution in [0.15, 0.2) is 35.5 Å². The summed E-state index contributed by atoms with van der Waals surface area (Å²) < 4.78 is 31.3. The molecule has 1 aromatic heterocycles. The van der Waals surface area contributed by atoms with Gasteiger partial charge in [-0.25, -0.2) is 18.2 Å². The van der Waals surface area contributed by atoms with Crippen molar-refractivity contribution >= 4 is 27.0 Å². The molecule has 1 aliphatic heterocycles. The third kappa shape index (κ3) is 4.74. The highest BCUT2D eigenvalue weighted by molar-refractivity contribution is 7.91. The van der Waals surface area contributed by atoms with E-state index in [9.17, 15) is 13.2 Å². The molecular weight excluding hydrogens is 366 g/mol. The lowest BCUT2D eigenvalue weighted by Gasteiger charge is -2.36. The zero-order valence-corrected chi connectivity index (χ0v) is 16.7. The van der Waals surface area contributed by atoms with E-state index in [2.05, 4.69) is 9.97 Å². The molecular formula is C19H25N3O4S. The second-order valence-electron chi connectivity index (χ2n) is 7.80. The maximum absolute atomic E-state index is 12.9. The van der Waals surface area contributed by atoms with Gasteiger partial charge in [0.1, 0.15) is 5.60 Å². The van der Waals surface area contributed by atoms with E-state index >= 15 is 0 Å². The van der Waals surface area contributed by atoms with Gasteiger partial charge in [-0.05, 0) is 52.2 Å². The van der Waals surface area contributed by atoms with E-state index < -0.39 is 27.6 Å². The Morgan fingerprint density at radius 3 is 2.63 bits per heavy atom. The van der Waals surface area contributed by atoms with Crippen LogP contribution in [0.2, 0.25) is 0 Å². The van der Waals surface area contributed by atoms with E-state index in [0.717, 1.165) is 12.8 Å². The third-order valence-electron chi connectivity index (χ3n) is 4.41. The number of nitrogens with zero attached hydrogens (tertiary/aromatic N) is 3. The summed E-state index contributed by atoms with van der Waals surface area (Å²) in [5.74, 6) is -0.181. The Morgan fingerprint density at radius 2 is 1.93 bits per heavy atom. The van der Waals surface area contributed by atoms with Crippen molar-refractivity contribution in [3.05, 3.63) is 30.5 Å². The number of ether oxygens (including phenoxy) is 1. The van der Waals surface area contributed by atoms with Crippen LogP contribution in [0.3, 0.4) is 0 Å². The molecule has 1 atom stereocenters. The van der Waals surface area contributed by atoms with Crippen LogP contribution >= 0.6 is 0 Å². The van der Waals surface area contributed by atoms with Gasteiger partial charge in [0.25, 0.3) is 0 Å². The summed E-state index contributed by atoms with van der Waals surface area (Å²) in [6.07, 6.45) is 3.17. The summed E-state index contributed by atoms with van der Waals surface area (Å²) in [6, 6.07) is 6.70. The molecule has 2 heterocycles. The van der Waals surface area contributed by atoms with E-state index in [1.54, 1.807) is 43.9 Å². The first-order chi connectivity index (χ1) is 12.7. The number of piperidine rings is 1. The van der Waals surface area contributed by atoms with E-state index in [-0.39, 0.29) is 10.8 Å². The Hall–Kier alpha value is -2.22.